The van der Waals surface area contributed by atoms with Crippen LogP contribution in [-0.2, 0) is 20.9 Å². The number of carbonyl (C=O) groups is 1. The molecule has 1 aliphatic heterocycles. The number of carbonyl (C=O) groups excluding carboxylic acids is 1. The van der Waals surface area contributed by atoms with Gasteiger partial charge < -0.3 is 19.1 Å². The summed E-state index contributed by atoms with van der Waals surface area (Å²) in [7, 11) is 2.85. The minimum Gasteiger partial charge on any atom is -0.503 e. The van der Waals surface area contributed by atoms with Crippen LogP contribution in [0.15, 0.2) is 48.9 Å². The Hall–Kier alpha value is -3.02. The molecule has 0 N–H and O–H groups in total. The molecular weight excluding hydrogens is 344 g/mol. The fourth-order valence-corrected chi connectivity index (χ4v) is 3.13. The third kappa shape index (κ3) is 4.58. The van der Waals surface area contributed by atoms with Gasteiger partial charge in [-0.3, -0.25) is 0 Å². The van der Waals surface area contributed by atoms with Crippen LogP contribution in [-0.4, -0.2) is 38.3 Å². The van der Waals surface area contributed by atoms with Gasteiger partial charge in [-0.25, -0.2) is 9.78 Å². The van der Waals surface area contributed by atoms with Gasteiger partial charge in [0.2, 0.25) is 0 Å². The van der Waals surface area contributed by atoms with Crippen LogP contribution < -0.4 is 9.64 Å². The lowest BCUT2D eigenvalue weighted by molar-refractivity contribution is -0.133. The van der Waals surface area contributed by atoms with Crippen molar-refractivity contribution in [1.29, 1.82) is 0 Å². The number of rotatable bonds is 7. The lowest BCUT2D eigenvalue weighted by Gasteiger charge is -2.17. The Labute approximate surface area is 159 Å². The molecule has 0 amide bonds. The van der Waals surface area contributed by atoms with E-state index in [0.29, 0.717) is 12.2 Å². The molecule has 0 unspecified atom stereocenters. The monoisotopic (exact) mass is 368 g/mol. The van der Waals surface area contributed by atoms with E-state index >= 15 is 0 Å². The molecule has 142 valence electrons. The van der Waals surface area contributed by atoms with Crippen LogP contribution in [0.1, 0.15) is 24.0 Å². The molecule has 1 aromatic carbocycles. The topological polar surface area (TPSA) is 60.9 Å². The van der Waals surface area contributed by atoms with E-state index in [4.69, 9.17) is 14.2 Å². The van der Waals surface area contributed by atoms with E-state index in [1.165, 1.54) is 33.3 Å². The van der Waals surface area contributed by atoms with E-state index in [-0.39, 0.29) is 0 Å². The van der Waals surface area contributed by atoms with Gasteiger partial charge in [-0.05, 0) is 30.0 Å². The molecule has 0 aliphatic carbocycles. The molecular formula is C21H24N2O4. The predicted molar refractivity (Wildman–Crippen MR) is 103 cm³/mol. The quantitative estimate of drug-likeness (QED) is 0.424. The first-order valence-corrected chi connectivity index (χ1v) is 8.96. The summed E-state index contributed by atoms with van der Waals surface area (Å²) in [5.74, 6) is 1.23. The van der Waals surface area contributed by atoms with E-state index in [2.05, 4.69) is 9.88 Å². The highest BCUT2D eigenvalue weighted by Gasteiger charge is 2.17. The van der Waals surface area contributed by atoms with Crippen LogP contribution in [0.2, 0.25) is 0 Å². The fraction of sp³-hybridized carbons (Fsp3) is 0.333. The Kier molecular flexibility index (Phi) is 6.30. The molecule has 1 fully saturated rings. The zero-order valence-corrected chi connectivity index (χ0v) is 15.7. The largest absolute Gasteiger partial charge is 0.503 e. The predicted octanol–water partition coefficient (Wildman–Crippen LogP) is 3.42. The maximum Gasteiger partial charge on any atom is 0.341 e. The van der Waals surface area contributed by atoms with Gasteiger partial charge in [0, 0.05) is 25.4 Å². The van der Waals surface area contributed by atoms with Crippen molar-refractivity contribution < 1.29 is 19.0 Å². The first-order valence-electron chi connectivity index (χ1n) is 8.96. The fourth-order valence-electron chi connectivity index (χ4n) is 3.13. The lowest BCUT2D eigenvalue weighted by Crippen LogP contribution is -2.18. The SMILES string of the molecule is COC=C(C(=O)OC)c1ccccc1COc1ccnc(N2CCCC2)c1. The molecule has 1 aliphatic rings. The third-order valence-corrected chi connectivity index (χ3v) is 4.49. The van der Waals surface area contributed by atoms with Crippen molar-refractivity contribution in [1.82, 2.24) is 4.98 Å². The Balaban J connectivity index is 1.78. The van der Waals surface area contributed by atoms with E-state index in [9.17, 15) is 4.79 Å². The summed E-state index contributed by atoms with van der Waals surface area (Å²) in [5.41, 5.74) is 1.94. The zero-order valence-electron chi connectivity index (χ0n) is 15.7. The van der Waals surface area contributed by atoms with Crippen LogP contribution in [0.25, 0.3) is 5.57 Å². The standard InChI is InChI=1S/C21H24N2O4/c1-25-15-19(21(24)26-2)18-8-4-3-7-16(18)14-27-17-9-10-22-20(13-17)23-11-5-6-12-23/h3-4,7-10,13,15H,5-6,11-12,14H2,1-2H3. The van der Waals surface area contributed by atoms with Crippen molar-refractivity contribution in [2.45, 2.75) is 19.4 Å². The maximum atomic E-state index is 12.1. The maximum absolute atomic E-state index is 12.1. The molecule has 1 aromatic heterocycles. The minimum absolute atomic E-state index is 0.317. The van der Waals surface area contributed by atoms with Gasteiger partial charge in [0.05, 0.1) is 20.5 Å². The Morgan fingerprint density at radius 1 is 1.19 bits per heavy atom. The first-order chi connectivity index (χ1) is 13.2. The summed E-state index contributed by atoms with van der Waals surface area (Å²) in [6.07, 6.45) is 5.55. The second kappa shape index (κ2) is 9.07. The number of aromatic nitrogens is 1. The Morgan fingerprint density at radius 2 is 1.96 bits per heavy atom. The Morgan fingerprint density at radius 3 is 2.70 bits per heavy atom. The van der Waals surface area contributed by atoms with E-state index in [0.717, 1.165) is 35.8 Å². The van der Waals surface area contributed by atoms with E-state index in [1.54, 1.807) is 6.20 Å². The smallest absolute Gasteiger partial charge is 0.341 e. The first kappa shape index (κ1) is 18.8. The molecule has 2 aromatic rings. The average molecular weight is 368 g/mol. The van der Waals surface area contributed by atoms with Crippen LogP contribution >= 0.6 is 0 Å². The van der Waals surface area contributed by atoms with Crippen molar-refractivity contribution in [3.63, 3.8) is 0 Å². The average Bonchev–Trinajstić information content (AvgIpc) is 3.25. The number of hydrogen-bond donors (Lipinski definition) is 0. The van der Waals surface area contributed by atoms with E-state index in [1.807, 2.05) is 36.4 Å². The molecule has 0 radical (unpaired) electrons. The molecule has 0 saturated carbocycles. The van der Waals surface area contributed by atoms with E-state index < -0.39 is 5.97 Å². The third-order valence-electron chi connectivity index (χ3n) is 4.49. The van der Waals surface area contributed by atoms with Crippen LogP contribution in [0.5, 0.6) is 5.75 Å². The number of hydrogen-bond acceptors (Lipinski definition) is 6. The summed E-state index contributed by atoms with van der Waals surface area (Å²) in [4.78, 5) is 18.8. The van der Waals surface area contributed by atoms with Crippen molar-refractivity contribution in [2.75, 3.05) is 32.2 Å². The van der Waals surface area contributed by atoms with Gasteiger partial charge in [0.25, 0.3) is 0 Å². The number of nitrogens with zero attached hydrogens (tertiary/aromatic N) is 2. The molecule has 0 atom stereocenters. The number of pyridine rings is 1. The number of benzene rings is 1. The second-order valence-electron chi connectivity index (χ2n) is 6.25. The van der Waals surface area contributed by atoms with Gasteiger partial charge in [0.1, 0.15) is 23.7 Å². The highest BCUT2D eigenvalue weighted by Crippen LogP contribution is 2.25. The number of methoxy groups -OCH3 is 2. The molecule has 2 heterocycles. The molecule has 0 spiro atoms. The number of esters is 1. The minimum atomic E-state index is -0.454. The summed E-state index contributed by atoms with van der Waals surface area (Å²) >= 11 is 0. The van der Waals surface area contributed by atoms with Crippen LogP contribution in [0.4, 0.5) is 5.82 Å². The summed E-state index contributed by atoms with van der Waals surface area (Å²) in [6, 6.07) is 11.3. The highest BCUT2D eigenvalue weighted by atomic mass is 16.5. The van der Waals surface area contributed by atoms with Gasteiger partial charge in [-0.15, -0.1) is 0 Å². The molecule has 0 bridgehead atoms. The molecule has 27 heavy (non-hydrogen) atoms. The highest BCUT2D eigenvalue weighted by molar-refractivity contribution is 6.16. The van der Waals surface area contributed by atoms with Gasteiger partial charge in [0.15, 0.2) is 0 Å². The van der Waals surface area contributed by atoms with Crippen molar-refractivity contribution in [3.8, 4) is 5.75 Å². The zero-order chi connectivity index (χ0) is 19.1. The normalized spacial score (nSPS) is 14.1. The van der Waals surface area contributed by atoms with Crippen LogP contribution in [0.3, 0.4) is 0 Å². The molecule has 6 heteroatoms. The van der Waals surface area contributed by atoms with Gasteiger partial charge in [-0.1, -0.05) is 24.3 Å². The van der Waals surface area contributed by atoms with Gasteiger partial charge >= 0.3 is 5.97 Å². The number of anilines is 1. The summed E-state index contributed by atoms with van der Waals surface area (Å²) < 4.78 is 15.9. The van der Waals surface area contributed by atoms with Gasteiger partial charge in [-0.2, -0.15) is 0 Å². The molecule has 1 saturated heterocycles. The van der Waals surface area contributed by atoms with Crippen molar-refractivity contribution >= 4 is 17.4 Å². The second-order valence-corrected chi connectivity index (χ2v) is 6.25. The summed E-state index contributed by atoms with van der Waals surface area (Å²) in [5, 5.41) is 0. The number of ether oxygens (including phenoxy) is 3. The lowest BCUT2D eigenvalue weighted by atomic mass is 10.0. The van der Waals surface area contributed by atoms with Crippen molar-refractivity contribution in [2.24, 2.45) is 0 Å². The Bertz CT molecular complexity index is 813. The molecule has 3 rings (SSSR count). The molecule has 6 nitrogen and oxygen atoms in total. The van der Waals surface area contributed by atoms with Crippen molar-refractivity contribution in [3.05, 3.63) is 60.0 Å². The summed E-state index contributed by atoms with van der Waals surface area (Å²) in [6.45, 7) is 2.38. The van der Waals surface area contributed by atoms with Crippen LogP contribution in [0, 0.1) is 0 Å².